The van der Waals surface area contributed by atoms with Crippen molar-refractivity contribution >= 4 is 29.3 Å². The summed E-state index contributed by atoms with van der Waals surface area (Å²) in [5, 5.41) is 11.2. The first kappa shape index (κ1) is 13.8. The number of para-hydroxylation sites is 1. The topological polar surface area (TPSA) is 66.4 Å². The number of rotatable bonds is 5. The molecule has 1 aromatic rings. The van der Waals surface area contributed by atoms with Gasteiger partial charge >= 0.3 is 5.97 Å². The molecular weight excluding hydrogens is 276 g/mol. The highest BCUT2D eigenvalue weighted by molar-refractivity contribution is 7.99. The normalized spacial score (nSPS) is 21.2. The first-order chi connectivity index (χ1) is 8.99. The van der Waals surface area contributed by atoms with Crippen molar-refractivity contribution in [2.45, 2.75) is 17.1 Å². The van der Waals surface area contributed by atoms with Crippen LogP contribution in [0.15, 0.2) is 29.2 Å². The van der Waals surface area contributed by atoms with E-state index in [2.05, 4.69) is 5.32 Å². The van der Waals surface area contributed by atoms with Crippen LogP contribution in [0.4, 0.5) is 14.5 Å². The Morgan fingerprint density at radius 2 is 2.00 bits per heavy atom. The monoisotopic (exact) mass is 287 g/mol. The van der Waals surface area contributed by atoms with Gasteiger partial charge in [0.1, 0.15) is 0 Å². The van der Waals surface area contributed by atoms with Crippen molar-refractivity contribution in [2.75, 3.05) is 5.32 Å². The summed E-state index contributed by atoms with van der Waals surface area (Å²) in [5.41, 5.74) is 0.286. The van der Waals surface area contributed by atoms with Gasteiger partial charge in [-0.05, 0) is 18.6 Å². The Bertz CT molecular complexity index is 510. The zero-order chi connectivity index (χ0) is 14.0. The summed E-state index contributed by atoms with van der Waals surface area (Å²) in [6.07, 6.45) is 0.297. The molecule has 1 aliphatic rings. The van der Waals surface area contributed by atoms with E-state index in [-0.39, 0.29) is 10.6 Å². The van der Waals surface area contributed by atoms with E-state index < -0.39 is 29.5 Å². The van der Waals surface area contributed by atoms with Gasteiger partial charge in [0.25, 0.3) is 5.76 Å². The number of nitrogens with one attached hydrogen (secondary N) is 1. The van der Waals surface area contributed by atoms with Gasteiger partial charge < -0.3 is 10.4 Å². The molecule has 0 spiro atoms. The fourth-order valence-electron chi connectivity index (χ4n) is 1.75. The van der Waals surface area contributed by atoms with Gasteiger partial charge in [-0.15, -0.1) is 0 Å². The second kappa shape index (κ2) is 5.56. The summed E-state index contributed by atoms with van der Waals surface area (Å²) >= 11 is 0.342. The second-order valence-electron chi connectivity index (χ2n) is 4.15. The summed E-state index contributed by atoms with van der Waals surface area (Å²) < 4.78 is 24.7. The quantitative estimate of drug-likeness (QED) is 0.817. The number of halogens is 2. The highest BCUT2D eigenvalue weighted by Crippen LogP contribution is 2.40. The predicted octanol–water partition coefficient (Wildman–Crippen LogP) is 2.66. The van der Waals surface area contributed by atoms with Crippen LogP contribution in [0, 0.1) is 11.8 Å². The van der Waals surface area contributed by atoms with E-state index in [9.17, 15) is 18.4 Å². The highest BCUT2D eigenvalue weighted by Gasteiger charge is 2.48. The van der Waals surface area contributed by atoms with Crippen molar-refractivity contribution in [3.8, 4) is 0 Å². The summed E-state index contributed by atoms with van der Waals surface area (Å²) in [5.74, 6) is -5.24. The number of anilines is 1. The van der Waals surface area contributed by atoms with E-state index >= 15 is 0 Å². The zero-order valence-corrected chi connectivity index (χ0v) is 10.5. The minimum absolute atomic E-state index is 0.262. The third kappa shape index (κ3) is 3.44. The third-order valence-electron chi connectivity index (χ3n) is 2.81. The molecule has 0 aromatic heterocycles. The molecule has 1 aromatic carbocycles. The maximum absolute atomic E-state index is 12.3. The number of hydrogen-bond acceptors (Lipinski definition) is 3. The molecule has 4 nitrogen and oxygen atoms in total. The molecule has 1 saturated carbocycles. The first-order valence-electron chi connectivity index (χ1n) is 5.56. The molecule has 0 aliphatic heterocycles. The Hall–Kier alpha value is -1.63. The number of carboxylic acids is 1. The van der Waals surface area contributed by atoms with Crippen molar-refractivity contribution in [3.63, 3.8) is 0 Å². The number of amides is 1. The lowest BCUT2D eigenvalue weighted by atomic mass is 10.2. The van der Waals surface area contributed by atoms with Crippen LogP contribution in [-0.4, -0.2) is 22.7 Å². The summed E-state index contributed by atoms with van der Waals surface area (Å²) in [6.45, 7) is 0. The molecule has 102 valence electrons. The van der Waals surface area contributed by atoms with Gasteiger partial charge in [0, 0.05) is 4.90 Å². The Morgan fingerprint density at radius 3 is 2.58 bits per heavy atom. The molecule has 2 N–H and O–H groups in total. The SMILES string of the molecule is O=C(O)C1CC1C(=O)Nc1ccccc1SC(F)F. The maximum atomic E-state index is 12.3. The molecule has 2 unspecified atom stereocenters. The minimum Gasteiger partial charge on any atom is -0.481 e. The first-order valence-corrected chi connectivity index (χ1v) is 6.44. The van der Waals surface area contributed by atoms with Crippen molar-refractivity contribution in [2.24, 2.45) is 11.8 Å². The van der Waals surface area contributed by atoms with Crippen molar-refractivity contribution in [3.05, 3.63) is 24.3 Å². The Balaban J connectivity index is 2.03. The van der Waals surface area contributed by atoms with Gasteiger partial charge in [-0.25, -0.2) is 0 Å². The largest absolute Gasteiger partial charge is 0.481 e. The van der Waals surface area contributed by atoms with Crippen LogP contribution >= 0.6 is 11.8 Å². The minimum atomic E-state index is -2.58. The van der Waals surface area contributed by atoms with Crippen LogP contribution in [-0.2, 0) is 9.59 Å². The van der Waals surface area contributed by atoms with E-state index in [1.54, 1.807) is 12.1 Å². The van der Waals surface area contributed by atoms with Crippen LogP contribution in [0.1, 0.15) is 6.42 Å². The number of alkyl halides is 2. The maximum Gasteiger partial charge on any atom is 0.307 e. The molecule has 0 bridgehead atoms. The number of aliphatic carboxylic acids is 1. The lowest BCUT2D eigenvalue weighted by Gasteiger charge is -2.09. The third-order valence-corrected chi connectivity index (χ3v) is 3.59. The lowest BCUT2D eigenvalue weighted by Crippen LogP contribution is -2.17. The van der Waals surface area contributed by atoms with Crippen LogP contribution < -0.4 is 5.32 Å². The van der Waals surface area contributed by atoms with Gasteiger partial charge in [0.15, 0.2) is 0 Å². The van der Waals surface area contributed by atoms with Gasteiger partial charge in [-0.1, -0.05) is 23.9 Å². The molecule has 7 heteroatoms. The van der Waals surface area contributed by atoms with E-state index in [1.807, 2.05) is 0 Å². The van der Waals surface area contributed by atoms with Gasteiger partial charge in [-0.2, -0.15) is 8.78 Å². The average molecular weight is 287 g/mol. The van der Waals surface area contributed by atoms with Crippen LogP contribution in [0.2, 0.25) is 0 Å². The number of hydrogen-bond donors (Lipinski definition) is 2. The predicted molar refractivity (Wildman–Crippen MR) is 66.2 cm³/mol. The summed E-state index contributed by atoms with van der Waals surface area (Å²) in [7, 11) is 0. The van der Waals surface area contributed by atoms with Crippen LogP contribution in [0.25, 0.3) is 0 Å². The smallest absolute Gasteiger partial charge is 0.307 e. The number of carboxylic acid groups (broad SMARTS) is 1. The van der Waals surface area contributed by atoms with Crippen LogP contribution in [0.3, 0.4) is 0 Å². The lowest BCUT2D eigenvalue weighted by molar-refractivity contribution is -0.139. The number of carbonyl (C=O) groups excluding carboxylic acids is 1. The molecule has 0 heterocycles. The van der Waals surface area contributed by atoms with E-state index in [0.717, 1.165) is 0 Å². The fourth-order valence-corrected chi connectivity index (χ4v) is 2.35. The average Bonchev–Trinajstić information content (AvgIpc) is 3.11. The molecular formula is C12H11F2NO3S. The van der Waals surface area contributed by atoms with Crippen LogP contribution in [0.5, 0.6) is 0 Å². The molecule has 0 radical (unpaired) electrons. The van der Waals surface area contributed by atoms with E-state index in [1.165, 1.54) is 12.1 Å². The van der Waals surface area contributed by atoms with E-state index in [0.29, 0.717) is 18.2 Å². The summed E-state index contributed by atoms with van der Waals surface area (Å²) in [4.78, 5) is 22.7. The number of thioether (sulfide) groups is 1. The number of carbonyl (C=O) groups is 2. The van der Waals surface area contributed by atoms with Crippen molar-refractivity contribution < 1.29 is 23.5 Å². The molecule has 2 atom stereocenters. The molecule has 19 heavy (non-hydrogen) atoms. The standard InChI is InChI=1S/C12H11F2NO3S/c13-12(14)19-9-4-2-1-3-8(9)15-10(16)6-5-7(6)11(17)18/h1-4,6-7,12H,5H2,(H,15,16)(H,17,18). The Morgan fingerprint density at radius 1 is 1.32 bits per heavy atom. The fraction of sp³-hybridized carbons (Fsp3) is 0.333. The molecule has 1 fully saturated rings. The molecule has 1 aliphatic carbocycles. The summed E-state index contributed by atoms with van der Waals surface area (Å²) in [6, 6.07) is 6.21. The number of benzene rings is 1. The highest BCUT2D eigenvalue weighted by atomic mass is 32.2. The van der Waals surface area contributed by atoms with Crippen molar-refractivity contribution in [1.82, 2.24) is 0 Å². The second-order valence-corrected chi connectivity index (χ2v) is 5.18. The Kier molecular flexibility index (Phi) is 4.04. The van der Waals surface area contributed by atoms with E-state index in [4.69, 9.17) is 5.11 Å². The molecule has 1 amide bonds. The van der Waals surface area contributed by atoms with Gasteiger partial charge in [0.2, 0.25) is 5.91 Å². The van der Waals surface area contributed by atoms with Crippen molar-refractivity contribution in [1.29, 1.82) is 0 Å². The molecule has 2 rings (SSSR count). The van der Waals surface area contributed by atoms with Gasteiger partial charge in [-0.3, -0.25) is 9.59 Å². The molecule has 0 saturated heterocycles. The Labute approximate surface area is 112 Å². The van der Waals surface area contributed by atoms with Gasteiger partial charge in [0.05, 0.1) is 17.5 Å². The zero-order valence-electron chi connectivity index (χ0n) is 9.68.